The molecule has 9 nitrogen and oxygen atoms in total. The molecule has 0 unspecified atom stereocenters. The molecule has 3 aromatic rings. The Balaban J connectivity index is 1.27. The summed E-state index contributed by atoms with van der Waals surface area (Å²) in [5.41, 5.74) is 0.702. The maximum absolute atomic E-state index is 12.6. The van der Waals surface area contributed by atoms with Crippen molar-refractivity contribution in [2.75, 3.05) is 4.72 Å². The predicted molar refractivity (Wildman–Crippen MR) is 135 cm³/mol. The molecule has 5 rings (SSSR count). The van der Waals surface area contributed by atoms with Crippen molar-refractivity contribution in [3.8, 4) is 11.3 Å². The van der Waals surface area contributed by atoms with Gasteiger partial charge in [0.1, 0.15) is 11.5 Å². The van der Waals surface area contributed by atoms with E-state index >= 15 is 0 Å². The molecule has 1 saturated heterocycles. The summed E-state index contributed by atoms with van der Waals surface area (Å²) in [6.07, 6.45) is 10.4. The molecule has 0 atom stereocenters. The van der Waals surface area contributed by atoms with Crippen LogP contribution in [0.2, 0.25) is 0 Å². The number of carbonyl (C=O) groups is 1. The van der Waals surface area contributed by atoms with Crippen molar-refractivity contribution in [3.63, 3.8) is 0 Å². The van der Waals surface area contributed by atoms with Crippen molar-refractivity contribution < 1.29 is 17.6 Å². The molecule has 0 radical (unpaired) electrons. The number of furan rings is 1. The first-order valence-corrected chi connectivity index (χ1v) is 13.5. The van der Waals surface area contributed by atoms with E-state index in [2.05, 4.69) is 20.0 Å². The van der Waals surface area contributed by atoms with Gasteiger partial charge in [-0.25, -0.2) is 23.1 Å². The van der Waals surface area contributed by atoms with Gasteiger partial charge in [-0.1, -0.05) is 19.3 Å². The standard InChI is InChI=1S/C24H23N5O4S2/c30-22-21(34-24(28-22)27-17-5-2-1-3-6-17)15-18-9-12-20(33-18)16-7-10-19(11-8-16)35(31,32)29-23-25-13-4-14-26-23/h4,7-15,17H,1-3,5-6H2,(H,25,26,29)(H,27,28,30). The summed E-state index contributed by atoms with van der Waals surface area (Å²) >= 11 is 1.32. The molecule has 1 aromatic carbocycles. The highest BCUT2D eigenvalue weighted by molar-refractivity contribution is 8.18. The van der Waals surface area contributed by atoms with E-state index in [0.29, 0.717) is 27.2 Å². The van der Waals surface area contributed by atoms with Gasteiger partial charge >= 0.3 is 0 Å². The average molecular weight is 510 g/mol. The quantitative estimate of drug-likeness (QED) is 0.471. The molecule has 2 fully saturated rings. The third-order valence-electron chi connectivity index (χ3n) is 5.67. The van der Waals surface area contributed by atoms with Crippen molar-refractivity contribution in [2.24, 2.45) is 4.99 Å². The summed E-state index contributed by atoms with van der Waals surface area (Å²) in [4.78, 5) is 25.4. The Labute approximate surface area is 207 Å². The van der Waals surface area contributed by atoms with Crippen molar-refractivity contribution in [1.82, 2.24) is 15.3 Å². The number of benzene rings is 1. The van der Waals surface area contributed by atoms with Gasteiger partial charge in [0.25, 0.3) is 15.9 Å². The number of carbonyl (C=O) groups excluding carboxylic acids is 1. The van der Waals surface area contributed by atoms with Crippen LogP contribution in [0.4, 0.5) is 5.95 Å². The van der Waals surface area contributed by atoms with Gasteiger partial charge in [0, 0.05) is 24.0 Å². The SMILES string of the molecule is O=C1NC(=NC2CCCCC2)SC1=Cc1ccc(-c2ccc(S(=O)(=O)Nc3ncccn3)cc2)o1. The van der Waals surface area contributed by atoms with E-state index in [1.165, 1.54) is 55.6 Å². The Morgan fingerprint density at radius 1 is 1.06 bits per heavy atom. The van der Waals surface area contributed by atoms with Crippen LogP contribution in [-0.2, 0) is 14.8 Å². The first-order valence-electron chi connectivity index (χ1n) is 11.3. The summed E-state index contributed by atoms with van der Waals surface area (Å²) < 4.78 is 33.3. The Morgan fingerprint density at radius 2 is 1.80 bits per heavy atom. The minimum atomic E-state index is -3.82. The Bertz CT molecular complexity index is 1380. The zero-order valence-corrected chi connectivity index (χ0v) is 20.3. The predicted octanol–water partition coefficient (Wildman–Crippen LogP) is 4.43. The zero-order valence-electron chi connectivity index (χ0n) is 18.7. The lowest BCUT2D eigenvalue weighted by Crippen LogP contribution is -2.22. The molecule has 1 amide bonds. The summed E-state index contributed by atoms with van der Waals surface area (Å²) in [5, 5.41) is 3.48. The van der Waals surface area contributed by atoms with Crippen LogP contribution in [0.15, 0.2) is 74.1 Å². The summed E-state index contributed by atoms with van der Waals surface area (Å²) in [7, 11) is -3.82. The Hall–Kier alpha value is -3.44. The number of hydrogen-bond donors (Lipinski definition) is 2. The second kappa shape index (κ2) is 10.0. The number of anilines is 1. The third-order valence-corrected chi connectivity index (χ3v) is 7.93. The fourth-order valence-electron chi connectivity index (χ4n) is 3.91. The molecule has 1 aliphatic heterocycles. The van der Waals surface area contributed by atoms with E-state index in [1.54, 1.807) is 36.4 Å². The van der Waals surface area contributed by atoms with Crippen LogP contribution >= 0.6 is 11.8 Å². The highest BCUT2D eigenvalue weighted by Gasteiger charge is 2.26. The maximum atomic E-state index is 12.6. The van der Waals surface area contributed by atoms with Crippen LogP contribution in [0.3, 0.4) is 0 Å². The number of aliphatic imine (C=N–C) groups is 1. The van der Waals surface area contributed by atoms with E-state index in [0.717, 1.165) is 12.8 Å². The van der Waals surface area contributed by atoms with Crippen molar-refractivity contribution in [3.05, 3.63) is 65.5 Å². The van der Waals surface area contributed by atoms with Crippen LogP contribution in [0.5, 0.6) is 0 Å². The first-order chi connectivity index (χ1) is 17.0. The molecule has 0 bridgehead atoms. The number of aromatic nitrogens is 2. The van der Waals surface area contributed by atoms with Crippen LogP contribution in [0.25, 0.3) is 17.4 Å². The molecular weight excluding hydrogens is 486 g/mol. The van der Waals surface area contributed by atoms with Gasteiger partial charge in [-0.15, -0.1) is 0 Å². The topological polar surface area (TPSA) is 127 Å². The summed E-state index contributed by atoms with van der Waals surface area (Å²) in [5.74, 6) is 0.892. The van der Waals surface area contributed by atoms with E-state index in [-0.39, 0.29) is 22.8 Å². The zero-order chi connectivity index (χ0) is 24.3. The van der Waals surface area contributed by atoms with Crippen LogP contribution in [0.1, 0.15) is 37.9 Å². The lowest BCUT2D eigenvalue weighted by Gasteiger charge is -2.17. The maximum Gasteiger partial charge on any atom is 0.264 e. The fourth-order valence-corrected chi connectivity index (χ4v) is 5.74. The van der Waals surface area contributed by atoms with Gasteiger partial charge in [-0.2, -0.15) is 0 Å². The molecule has 1 aliphatic carbocycles. The molecule has 1 saturated carbocycles. The van der Waals surface area contributed by atoms with E-state index in [9.17, 15) is 13.2 Å². The second-order valence-electron chi connectivity index (χ2n) is 8.20. The molecule has 2 aromatic heterocycles. The highest BCUT2D eigenvalue weighted by atomic mass is 32.2. The third kappa shape index (κ3) is 5.63. The molecular formula is C24H23N5O4S2. The number of amidine groups is 1. The van der Waals surface area contributed by atoms with Gasteiger partial charge in [-0.3, -0.25) is 9.79 Å². The molecule has 180 valence electrons. The molecule has 11 heteroatoms. The molecule has 2 aliphatic rings. The molecule has 0 spiro atoms. The lowest BCUT2D eigenvalue weighted by molar-refractivity contribution is -0.115. The molecule has 2 N–H and O–H groups in total. The number of rotatable bonds is 6. The van der Waals surface area contributed by atoms with Crippen LogP contribution in [0, 0.1) is 0 Å². The Morgan fingerprint density at radius 3 is 2.54 bits per heavy atom. The largest absolute Gasteiger partial charge is 0.457 e. The van der Waals surface area contributed by atoms with Crippen molar-refractivity contribution >= 4 is 44.9 Å². The van der Waals surface area contributed by atoms with Crippen LogP contribution in [-0.4, -0.2) is 35.5 Å². The fraction of sp³-hybridized carbons (Fsp3) is 0.250. The van der Waals surface area contributed by atoms with Crippen molar-refractivity contribution in [2.45, 2.75) is 43.0 Å². The normalized spacial score (nSPS) is 19.3. The number of thioether (sulfide) groups is 1. The Kier molecular flexibility index (Phi) is 6.69. The van der Waals surface area contributed by atoms with Gasteiger partial charge < -0.3 is 9.73 Å². The second-order valence-corrected chi connectivity index (χ2v) is 10.9. The number of nitrogens with one attached hydrogen (secondary N) is 2. The number of nitrogens with zero attached hydrogens (tertiary/aromatic N) is 3. The summed E-state index contributed by atoms with van der Waals surface area (Å²) in [6.45, 7) is 0. The van der Waals surface area contributed by atoms with Gasteiger partial charge in [0.15, 0.2) is 5.17 Å². The van der Waals surface area contributed by atoms with E-state index in [1.807, 2.05) is 0 Å². The smallest absolute Gasteiger partial charge is 0.264 e. The number of hydrogen-bond acceptors (Lipinski definition) is 8. The lowest BCUT2D eigenvalue weighted by atomic mass is 9.96. The molecule has 3 heterocycles. The summed E-state index contributed by atoms with van der Waals surface area (Å²) in [6, 6.07) is 11.7. The van der Waals surface area contributed by atoms with Gasteiger partial charge in [-0.05, 0) is 67.1 Å². The number of amides is 1. The minimum absolute atomic E-state index is 0.000975. The van der Waals surface area contributed by atoms with Crippen LogP contribution < -0.4 is 10.0 Å². The van der Waals surface area contributed by atoms with Gasteiger partial charge in [0.2, 0.25) is 5.95 Å². The first kappa shape index (κ1) is 23.3. The van der Waals surface area contributed by atoms with E-state index < -0.39 is 10.0 Å². The molecule has 35 heavy (non-hydrogen) atoms. The monoisotopic (exact) mass is 509 g/mol. The average Bonchev–Trinajstić information content (AvgIpc) is 3.47. The highest BCUT2D eigenvalue weighted by Crippen LogP contribution is 2.31. The number of sulfonamides is 1. The minimum Gasteiger partial charge on any atom is -0.457 e. The van der Waals surface area contributed by atoms with Crippen molar-refractivity contribution in [1.29, 1.82) is 0 Å². The van der Waals surface area contributed by atoms with E-state index in [4.69, 9.17) is 9.41 Å². The van der Waals surface area contributed by atoms with Gasteiger partial charge in [0.05, 0.1) is 15.8 Å².